The van der Waals surface area contributed by atoms with E-state index in [-0.39, 0.29) is 0 Å². The molecule has 0 amide bonds. The summed E-state index contributed by atoms with van der Waals surface area (Å²) in [5, 5.41) is 0. The van der Waals surface area contributed by atoms with Crippen LogP contribution in [0.25, 0.3) is 0 Å². The normalized spacial score (nSPS) is 11.6. The minimum Gasteiger partial charge on any atom is -0.326 e. The second kappa shape index (κ2) is 7.02. The Morgan fingerprint density at radius 1 is 1.07 bits per heavy atom. The Kier molecular flexibility index (Phi) is 5.49. The van der Waals surface area contributed by atoms with Crippen molar-refractivity contribution < 1.29 is 0 Å². The molecule has 1 nitrogen and oxygen atoms in total. The lowest BCUT2D eigenvalue weighted by molar-refractivity contribution is 1.03. The second-order valence-corrected chi connectivity index (χ2v) is 3.44. The monoisotopic (exact) mass is 201 g/mol. The number of nitrogens with two attached hydrogens (primary N) is 1. The Balaban J connectivity index is 2.56. The van der Waals surface area contributed by atoms with Crippen molar-refractivity contribution in [3.8, 4) is 0 Å². The molecule has 0 aromatic heterocycles. The predicted molar refractivity (Wildman–Crippen MR) is 66.6 cm³/mol. The Morgan fingerprint density at radius 3 is 2.40 bits per heavy atom. The first-order valence-electron chi connectivity index (χ1n) is 5.47. The van der Waals surface area contributed by atoms with Crippen molar-refractivity contribution in [1.29, 1.82) is 0 Å². The van der Waals surface area contributed by atoms with Gasteiger partial charge in [0.25, 0.3) is 0 Å². The van der Waals surface area contributed by atoms with Crippen LogP contribution in [0.1, 0.15) is 24.5 Å². The topological polar surface area (TPSA) is 26.0 Å². The summed E-state index contributed by atoms with van der Waals surface area (Å²) in [6, 6.07) is 8.32. The minimum atomic E-state index is 0.620. The van der Waals surface area contributed by atoms with Gasteiger partial charge in [-0.2, -0.15) is 0 Å². The molecular formula is C14H19N. The van der Waals surface area contributed by atoms with Crippen molar-refractivity contribution in [3.63, 3.8) is 0 Å². The van der Waals surface area contributed by atoms with Crippen LogP contribution in [0.4, 0.5) is 0 Å². The molecule has 0 atom stereocenters. The van der Waals surface area contributed by atoms with Gasteiger partial charge >= 0.3 is 0 Å². The van der Waals surface area contributed by atoms with Gasteiger partial charge in [0.05, 0.1) is 0 Å². The molecule has 1 aromatic rings. The predicted octanol–water partition coefficient (Wildman–Crippen LogP) is 3.21. The highest BCUT2D eigenvalue weighted by Gasteiger charge is 1.95. The van der Waals surface area contributed by atoms with Crippen LogP contribution in [-0.4, -0.2) is 0 Å². The molecule has 1 rings (SSSR count). The van der Waals surface area contributed by atoms with E-state index in [1.807, 2.05) is 6.07 Å². The van der Waals surface area contributed by atoms with Crippen LogP contribution in [0, 0.1) is 0 Å². The molecule has 1 aromatic carbocycles. The van der Waals surface area contributed by atoms with Crippen LogP contribution in [0.5, 0.6) is 0 Å². The van der Waals surface area contributed by atoms with Crippen LogP contribution in [0.2, 0.25) is 0 Å². The maximum Gasteiger partial charge on any atom is 0.0180 e. The standard InChI is InChI=1S/C14H19N/c1-2-3-4-5-6-9-13-10-7-8-11-14(13)12-15/h3-8,10-11H,2,9,12,15H2,1H3/b4-3-,6-5-. The van der Waals surface area contributed by atoms with Crippen molar-refractivity contribution in [2.24, 2.45) is 5.73 Å². The number of allylic oxidation sites excluding steroid dienone is 4. The fourth-order valence-electron chi connectivity index (χ4n) is 1.44. The molecule has 1 heteroatoms. The van der Waals surface area contributed by atoms with E-state index in [1.54, 1.807) is 0 Å². The number of rotatable bonds is 5. The number of hydrogen-bond donors (Lipinski definition) is 1. The lowest BCUT2D eigenvalue weighted by Crippen LogP contribution is -2.00. The van der Waals surface area contributed by atoms with Gasteiger partial charge in [0, 0.05) is 6.54 Å². The Hall–Kier alpha value is -1.34. The zero-order chi connectivity index (χ0) is 10.9. The van der Waals surface area contributed by atoms with Gasteiger partial charge in [-0.15, -0.1) is 0 Å². The van der Waals surface area contributed by atoms with E-state index >= 15 is 0 Å². The number of hydrogen-bond acceptors (Lipinski definition) is 1. The van der Waals surface area contributed by atoms with Crippen molar-refractivity contribution in [2.75, 3.05) is 0 Å². The third kappa shape index (κ3) is 4.13. The fraction of sp³-hybridized carbons (Fsp3) is 0.286. The summed E-state index contributed by atoms with van der Waals surface area (Å²) in [4.78, 5) is 0. The van der Waals surface area contributed by atoms with Gasteiger partial charge in [0.1, 0.15) is 0 Å². The van der Waals surface area contributed by atoms with E-state index in [4.69, 9.17) is 5.73 Å². The molecule has 15 heavy (non-hydrogen) atoms. The molecule has 0 saturated carbocycles. The molecule has 0 unspecified atom stereocenters. The summed E-state index contributed by atoms with van der Waals surface area (Å²) in [7, 11) is 0. The van der Waals surface area contributed by atoms with Crippen molar-refractivity contribution >= 4 is 0 Å². The first-order valence-corrected chi connectivity index (χ1v) is 5.47. The summed E-state index contributed by atoms with van der Waals surface area (Å²) in [5.74, 6) is 0. The van der Waals surface area contributed by atoms with Gasteiger partial charge in [-0.1, -0.05) is 55.5 Å². The van der Waals surface area contributed by atoms with Gasteiger partial charge in [-0.3, -0.25) is 0 Å². The molecule has 0 radical (unpaired) electrons. The molecule has 0 aliphatic heterocycles. The highest BCUT2D eigenvalue weighted by Crippen LogP contribution is 2.08. The Labute approximate surface area is 92.3 Å². The summed E-state index contributed by atoms with van der Waals surface area (Å²) < 4.78 is 0. The maximum atomic E-state index is 5.66. The lowest BCUT2D eigenvalue weighted by Gasteiger charge is -2.03. The van der Waals surface area contributed by atoms with Gasteiger partial charge < -0.3 is 5.73 Å². The SMILES string of the molecule is CC/C=C\C=C/Cc1ccccc1CN. The average Bonchev–Trinajstić information content (AvgIpc) is 2.29. The second-order valence-electron chi connectivity index (χ2n) is 3.44. The smallest absolute Gasteiger partial charge is 0.0180 e. The first-order chi connectivity index (χ1) is 7.38. The summed E-state index contributed by atoms with van der Waals surface area (Å²) in [6.07, 6.45) is 10.5. The van der Waals surface area contributed by atoms with E-state index < -0.39 is 0 Å². The zero-order valence-electron chi connectivity index (χ0n) is 9.32. The lowest BCUT2D eigenvalue weighted by atomic mass is 10.0. The number of benzene rings is 1. The van der Waals surface area contributed by atoms with E-state index in [0.717, 1.165) is 12.8 Å². The molecule has 0 bridgehead atoms. The zero-order valence-corrected chi connectivity index (χ0v) is 9.32. The van der Waals surface area contributed by atoms with Crippen molar-refractivity contribution in [1.82, 2.24) is 0 Å². The quantitative estimate of drug-likeness (QED) is 0.727. The minimum absolute atomic E-state index is 0.620. The third-order valence-corrected chi connectivity index (χ3v) is 2.30. The Morgan fingerprint density at radius 2 is 1.73 bits per heavy atom. The van der Waals surface area contributed by atoms with Crippen molar-refractivity contribution in [2.45, 2.75) is 26.3 Å². The van der Waals surface area contributed by atoms with E-state index in [2.05, 4.69) is 49.4 Å². The highest BCUT2D eigenvalue weighted by atomic mass is 14.5. The molecule has 2 N–H and O–H groups in total. The maximum absolute atomic E-state index is 5.66. The van der Waals surface area contributed by atoms with Gasteiger partial charge in [0.15, 0.2) is 0 Å². The van der Waals surface area contributed by atoms with Crippen LogP contribution in [-0.2, 0) is 13.0 Å². The molecule has 0 heterocycles. The third-order valence-electron chi connectivity index (χ3n) is 2.30. The largest absolute Gasteiger partial charge is 0.326 e. The molecule has 0 fully saturated rings. The van der Waals surface area contributed by atoms with Crippen LogP contribution < -0.4 is 5.73 Å². The van der Waals surface area contributed by atoms with Crippen molar-refractivity contribution in [3.05, 3.63) is 59.7 Å². The van der Waals surface area contributed by atoms with Crippen LogP contribution in [0.15, 0.2) is 48.6 Å². The van der Waals surface area contributed by atoms with Gasteiger partial charge in [-0.05, 0) is 24.0 Å². The Bertz CT molecular complexity index is 337. The van der Waals surface area contributed by atoms with E-state index in [1.165, 1.54) is 11.1 Å². The summed E-state index contributed by atoms with van der Waals surface area (Å²) >= 11 is 0. The molecule has 0 aliphatic carbocycles. The highest BCUT2D eigenvalue weighted by molar-refractivity contribution is 5.29. The molecule has 0 spiro atoms. The fourth-order valence-corrected chi connectivity index (χ4v) is 1.44. The van der Waals surface area contributed by atoms with Crippen LogP contribution >= 0.6 is 0 Å². The van der Waals surface area contributed by atoms with Gasteiger partial charge in [-0.25, -0.2) is 0 Å². The van der Waals surface area contributed by atoms with E-state index in [9.17, 15) is 0 Å². The molecule has 0 saturated heterocycles. The molecule has 0 aliphatic rings. The first kappa shape index (κ1) is 11.7. The van der Waals surface area contributed by atoms with Crippen LogP contribution in [0.3, 0.4) is 0 Å². The molecule has 80 valence electrons. The summed E-state index contributed by atoms with van der Waals surface area (Å²) in [6.45, 7) is 2.75. The van der Waals surface area contributed by atoms with Gasteiger partial charge in [0.2, 0.25) is 0 Å². The average molecular weight is 201 g/mol. The summed E-state index contributed by atoms with van der Waals surface area (Å²) in [5.41, 5.74) is 8.22. The molecular weight excluding hydrogens is 182 g/mol. The van der Waals surface area contributed by atoms with E-state index in [0.29, 0.717) is 6.54 Å².